The Labute approximate surface area is 81.3 Å². The minimum Gasteiger partial charge on any atom is -0.453 e. The fourth-order valence-corrected chi connectivity index (χ4v) is 1.51. The number of aldehydes is 1. The second kappa shape index (κ2) is 3.64. The number of hydrogen-bond donors (Lipinski definition) is 0. The lowest BCUT2D eigenvalue weighted by Crippen LogP contribution is -1.90. The van der Waals surface area contributed by atoms with Crippen molar-refractivity contribution >= 4 is 17.3 Å². The first kappa shape index (κ1) is 8.97. The molecule has 0 bridgehead atoms. The number of ether oxygens (including phenoxy) is 1. The fourth-order valence-electron chi connectivity index (χ4n) is 1.51. The van der Waals surface area contributed by atoms with Crippen molar-refractivity contribution in [3.8, 4) is 0 Å². The van der Waals surface area contributed by atoms with E-state index < -0.39 is 0 Å². The monoisotopic (exact) mass is 190 g/mol. The molecule has 0 spiro atoms. The molecule has 0 radical (unpaired) electrons. The molecule has 1 heterocycles. The summed E-state index contributed by atoms with van der Waals surface area (Å²) >= 11 is 0. The van der Waals surface area contributed by atoms with E-state index in [1.54, 1.807) is 7.11 Å². The first-order chi connectivity index (χ1) is 6.86. The minimum atomic E-state index is 0.355. The second-order valence-corrected chi connectivity index (χ2v) is 2.99. The fraction of sp³-hybridized carbons (Fsp3) is 0.182. The highest BCUT2D eigenvalue weighted by Gasteiger charge is 2.12. The average Bonchev–Trinajstić information content (AvgIpc) is 2.58. The molecule has 14 heavy (non-hydrogen) atoms. The van der Waals surface area contributed by atoms with Crippen molar-refractivity contribution in [1.29, 1.82) is 0 Å². The summed E-state index contributed by atoms with van der Waals surface area (Å²) < 4.78 is 10.4. The Hall–Kier alpha value is -1.61. The van der Waals surface area contributed by atoms with Gasteiger partial charge in [-0.3, -0.25) is 4.79 Å². The number of methoxy groups -OCH3 is 1. The van der Waals surface area contributed by atoms with Gasteiger partial charge in [0.15, 0.2) is 12.0 Å². The van der Waals surface area contributed by atoms with E-state index in [9.17, 15) is 4.79 Å². The van der Waals surface area contributed by atoms with E-state index in [-0.39, 0.29) is 0 Å². The largest absolute Gasteiger partial charge is 0.453 e. The van der Waals surface area contributed by atoms with Crippen LogP contribution < -0.4 is 0 Å². The van der Waals surface area contributed by atoms with E-state index in [0.717, 1.165) is 16.5 Å². The molecule has 1 aromatic carbocycles. The maximum atomic E-state index is 10.7. The third kappa shape index (κ3) is 1.32. The van der Waals surface area contributed by atoms with Crippen molar-refractivity contribution in [3.63, 3.8) is 0 Å². The predicted octanol–water partition coefficient (Wildman–Crippen LogP) is 2.39. The molecule has 0 aliphatic heterocycles. The molecule has 3 heteroatoms. The van der Waals surface area contributed by atoms with Crippen molar-refractivity contribution in [2.24, 2.45) is 0 Å². The molecular weight excluding hydrogens is 180 g/mol. The zero-order valence-electron chi connectivity index (χ0n) is 7.82. The van der Waals surface area contributed by atoms with E-state index in [4.69, 9.17) is 9.15 Å². The van der Waals surface area contributed by atoms with Crippen LogP contribution in [0.2, 0.25) is 0 Å². The summed E-state index contributed by atoms with van der Waals surface area (Å²) in [6, 6.07) is 7.53. The number of hydrogen-bond acceptors (Lipinski definition) is 3. The van der Waals surface area contributed by atoms with Crippen LogP contribution in [0.1, 0.15) is 16.1 Å². The van der Waals surface area contributed by atoms with Crippen LogP contribution in [0.15, 0.2) is 28.7 Å². The Balaban J connectivity index is 2.67. The Morgan fingerprint density at radius 1 is 1.43 bits per heavy atom. The van der Waals surface area contributed by atoms with Crippen molar-refractivity contribution < 1.29 is 13.9 Å². The number of carbonyl (C=O) groups is 1. The van der Waals surface area contributed by atoms with Crippen LogP contribution in [0.25, 0.3) is 11.0 Å². The number of furan rings is 1. The van der Waals surface area contributed by atoms with Crippen LogP contribution in [0.3, 0.4) is 0 Å². The SMILES string of the molecule is COCc1c(C=O)oc2ccccc12. The number of para-hydroxylation sites is 1. The molecule has 0 atom stereocenters. The normalized spacial score (nSPS) is 10.6. The van der Waals surface area contributed by atoms with E-state index >= 15 is 0 Å². The quantitative estimate of drug-likeness (QED) is 0.697. The highest BCUT2D eigenvalue weighted by Crippen LogP contribution is 2.25. The van der Waals surface area contributed by atoms with Crippen molar-refractivity contribution in [3.05, 3.63) is 35.6 Å². The summed E-state index contributed by atoms with van der Waals surface area (Å²) in [5, 5.41) is 0.941. The van der Waals surface area contributed by atoms with Crippen LogP contribution in [0.5, 0.6) is 0 Å². The third-order valence-corrected chi connectivity index (χ3v) is 2.13. The van der Waals surface area contributed by atoms with E-state index in [1.807, 2.05) is 24.3 Å². The zero-order chi connectivity index (χ0) is 9.97. The molecule has 2 aromatic rings. The number of carbonyl (C=O) groups excluding carboxylic acids is 1. The van der Waals surface area contributed by atoms with Crippen LogP contribution in [-0.4, -0.2) is 13.4 Å². The Morgan fingerprint density at radius 2 is 2.21 bits per heavy atom. The molecule has 0 fully saturated rings. The summed E-state index contributed by atoms with van der Waals surface area (Å²) in [7, 11) is 1.59. The van der Waals surface area contributed by atoms with Crippen LogP contribution in [-0.2, 0) is 11.3 Å². The van der Waals surface area contributed by atoms with Crippen molar-refractivity contribution in [2.45, 2.75) is 6.61 Å². The summed E-state index contributed by atoms with van der Waals surface area (Å²) in [6.45, 7) is 0.394. The number of fused-ring (bicyclic) bond motifs is 1. The van der Waals surface area contributed by atoms with E-state index in [1.165, 1.54) is 0 Å². The Bertz CT molecular complexity index is 457. The summed E-state index contributed by atoms with van der Waals surface area (Å²) in [6.07, 6.45) is 0.717. The molecule has 72 valence electrons. The standard InChI is InChI=1S/C11H10O3/c1-13-7-9-8-4-2-3-5-10(8)14-11(9)6-12/h2-6H,7H2,1H3. The lowest BCUT2D eigenvalue weighted by atomic mass is 10.1. The molecule has 0 unspecified atom stereocenters. The molecule has 3 nitrogen and oxygen atoms in total. The molecular formula is C11H10O3. The smallest absolute Gasteiger partial charge is 0.185 e. The highest BCUT2D eigenvalue weighted by atomic mass is 16.5. The average molecular weight is 190 g/mol. The van der Waals surface area contributed by atoms with Crippen molar-refractivity contribution in [2.75, 3.05) is 7.11 Å². The number of benzene rings is 1. The van der Waals surface area contributed by atoms with Gasteiger partial charge in [0.1, 0.15) is 5.58 Å². The Morgan fingerprint density at radius 3 is 2.93 bits per heavy atom. The van der Waals surface area contributed by atoms with Gasteiger partial charge in [-0.15, -0.1) is 0 Å². The zero-order valence-corrected chi connectivity index (χ0v) is 7.82. The molecule has 0 N–H and O–H groups in total. The van der Waals surface area contributed by atoms with Gasteiger partial charge in [0.05, 0.1) is 6.61 Å². The lowest BCUT2D eigenvalue weighted by Gasteiger charge is -1.95. The third-order valence-electron chi connectivity index (χ3n) is 2.13. The number of rotatable bonds is 3. The van der Waals surface area contributed by atoms with Gasteiger partial charge >= 0.3 is 0 Å². The van der Waals surface area contributed by atoms with E-state index in [2.05, 4.69) is 0 Å². The van der Waals surface area contributed by atoms with Gasteiger partial charge in [-0.1, -0.05) is 18.2 Å². The maximum absolute atomic E-state index is 10.7. The van der Waals surface area contributed by atoms with Gasteiger partial charge in [0.25, 0.3) is 0 Å². The lowest BCUT2D eigenvalue weighted by molar-refractivity contribution is 0.109. The predicted molar refractivity (Wildman–Crippen MR) is 52.3 cm³/mol. The van der Waals surface area contributed by atoms with Crippen molar-refractivity contribution in [1.82, 2.24) is 0 Å². The van der Waals surface area contributed by atoms with Crippen LogP contribution in [0, 0.1) is 0 Å². The van der Waals surface area contributed by atoms with E-state index in [0.29, 0.717) is 18.7 Å². The molecule has 0 amide bonds. The van der Waals surface area contributed by atoms with Gasteiger partial charge in [-0.2, -0.15) is 0 Å². The molecule has 0 saturated carbocycles. The molecule has 0 aliphatic carbocycles. The topological polar surface area (TPSA) is 39.4 Å². The summed E-state index contributed by atoms with van der Waals surface area (Å²) in [5.74, 6) is 0.355. The molecule has 0 saturated heterocycles. The van der Waals surface area contributed by atoms with Gasteiger partial charge in [-0.05, 0) is 6.07 Å². The maximum Gasteiger partial charge on any atom is 0.185 e. The van der Waals surface area contributed by atoms with Gasteiger partial charge in [0.2, 0.25) is 0 Å². The van der Waals surface area contributed by atoms with Crippen LogP contribution >= 0.6 is 0 Å². The molecule has 0 aliphatic rings. The molecule has 2 rings (SSSR count). The minimum absolute atomic E-state index is 0.355. The summed E-state index contributed by atoms with van der Waals surface area (Å²) in [4.78, 5) is 10.7. The first-order valence-corrected chi connectivity index (χ1v) is 4.31. The second-order valence-electron chi connectivity index (χ2n) is 2.99. The van der Waals surface area contributed by atoms with Gasteiger partial charge < -0.3 is 9.15 Å². The first-order valence-electron chi connectivity index (χ1n) is 4.31. The Kier molecular flexibility index (Phi) is 2.33. The summed E-state index contributed by atoms with van der Waals surface area (Å²) in [5.41, 5.74) is 1.54. The molecule has 1 aromatic heterocycles. The van der Waals surface area contributed by atoms with Gasteiger partial charge in [0, 0.05) is 18.1 Å². The highest BCUT2D eigenvalue weighted by molar-refractivity contribution is 5.89. The van der Waals surface area contributed by atoms with Crippen LogP contribution in [0.4, 0.5) is 0 Å². The van der Waals surface area contributed by atoms with Gasteiger partial charge in [-0.25, -0.2) is 0 Å².